The molecular weight excluding hydrogens is 416 g/mol. The van der Waals surface area contributed by atoms with Crippen LogP contribution >= 0.6 is 0 Å². The summed E-state index contributed by atoms with van der Waals surface area (Å²) in [4.78, 5) is 49.4. The van der Waals surface area contributed by atoms with E-state index in [2.05, 4.69) is 16.0 Å². The van der Waals surface area contributed by atoms with Crippen LogP contribution in [-0.2, 0) is 30.4 Å². The fraction of sp³-hybridized carbons (Fsp3) is 0.545. The Morgan fingerprint density at radius 3 is 1.78 bits per heavy atom. The molecule has 1 rings (SSSR count). The summed E-state index contributed by atoms with van der Waals surface area (Å²) >= 11 is 0. The average molecular weight is 451 g/mol. The molecule has 0 saturated carbocycles. The molecule has 0 unspecified atom stereocenters. The Labute approximate surface area is 189 Å². The van der Waals surface area contributed by atoms with Crippen LogP contribution in [0.25, 0.3) is 0 Å². The van der Waals surface area contributed by atoms with Crippen molar-refractivity contribution < 1.29 is 28.7 Å². The molecule has 0 bridgehead atoms. The Morgan fingerprint density at radius 2 is 1.34 bits per heavy atom. The first-order valence-electron chi connectivity index (χ1n) is 10.5. The van der Waals surface area contributed by atoms with Crippen molar-refractivity contribution in [1.82, 2.24) is 20.9 Å². The Hall–Kier alpha value is -2.98. The zero-order valence-electron chi connectivity index (χ0n) is 19.2. The molecule has 0 fully saturated rings. The van der Waals surface area contributed by atoms with Gasteiger partial charge >= 0.3 is 0 Å². The van der Waals surface area contributed by atoms with Gasteiger partial charge in [-0.15, -0.1) is 0 Å². The Kier molecular flexibility index (Phi) is 12.6. The molecule has 10 nitrogen and oxygen atoms in total. The van der Waals surface area contributed by atoms with Gasteiger partial charge in [0.05, 0.1) is 0 Å². The standard InChI is InChI=1S/C22H34N4O6/c1-16(2)21(29)25-13-17-5-7-18(8-6-17)22(30)26(11-9-23-19(27)14-31-3)12-10-24-20(28)15-32-4/h5-8,16H,9-15H2,1-4H3,(H,23,27)(H,24,28)(H,25,29). The molecule has 10 heteroatoms. The van der Waals surface area contributed by atoms with Crippen LogP contribution in [0.5, 0.6) is 0 Å². The van der Waals surface area contributed by atoms with Crippen molar-refractivity contribution in [2.75, 3.05) is 53.6 Å². The lowest BCUT2D eigenvalue weighted by Gasteiger charge is -2.23. The molecule has 1 aromatic carbocycles. The summed E-state index contributed by atoms with van der Waals surface area (Å²) in [5.74, 6) is -0.924. The van der Waals surface area contributed by atoms with Crippen LogP contribution in [-0.4, -0.2) is 82.1 Å². The van der Waals surface area contributed by atoms with Crippen LogP contribution in [0, 0.1) is 5.92 Å². The smallest absolute Gasteiger partial charge is 0.253 e. The summed E-state index contributed by atoms with van der Waals surface area (Å²) in [5.41, 5.74) is 1.34. The Bertz CT molecular complexity index is 727. The van der Waals surface area contributed by atoms with Gasteiger partial charge < -0.3 is 30.3 Å². The van der Waals surface area contributed by atoms with E-state index in [0.717, 1.165) is 5.56 Å². The first-order valence-corrected chi connectivity index (χ1v) is 10.5. The number of carbonyl (C=O) groups excluding carboxylic acids is 4. The zero-order valence-corrected chi connectivity index (χ0v) is 19.2. The summed E-state index contributed by atoms with van der Waals surface area (Å²) < 4.78 is 9.55. The molecular formula is C22H34N4O6. The molecule has 0 radical (unpaired) electrons. The summed E-state index contributed by atoms with van der Waals surface area (Å²) in [7, 11) is 2.85. The highest BCUT2D eigenvalue weighted by Gasteiger charge is 2.16. The Morgan fingerprint density at radius 1 is 0.844 bits per heavy atom. The van der Waals surface area contributed by atoms with Crippen molar-refractivity contribution in [1.29, 1.82) is 0 Å². The SMILES string of the molecule is COCC(=O)NCCN(CCNC(=O)COC)C(=O)c1ccc(CNC(=O)C(C)C)cc1. The van der Waals surface area contributed by atoms with Gasteiger partial charge in [-0.3, -0.25) is 19.2 Å². The lowest BCUT2D eigenvalue weighted by atomic mass is 10.1. The van der Waals surface area contributed by atoms with E-state index < -0.39 is 0 Å². The Balaban J connectivity index is 2.73. The van der Waals surface area contributed by atoms with Gasteiger partial charge in [0.25, 0.3) is 5.91 Å². The number of hydrogen-bond donors (Lipinski definition) is 3. The molecule has 0 aliphatic heterocycles. The van der Waals surface area contributed by atoms with Gasteiger partial charge in [-0.1, -0.05) is 26.0 Å². The van der Waals surface area contributed by atoms with E-state index in [1.807, 2.05) is 13.8 Å². The first kappa shape index (κ1) is 27.1. The second-order valence-corrected chi connectivity index (χ2v) is 7.43. The third-order valence-electron chi connectivity index (χ3n) is 4.44. The van der Waals surface area contributed by atoms with Gasteiger partial charge in [-0.25, -0.2) is 0 Å². The molecule has 0 aliphatic carbocycles. The van der Waals surface area contributed by atoms with Crippen LogP contribution in [0.1, 0.15) is 29.8 Å². The highest BCUT2D eigenvalue weighted by atomic mass is 16.5. The quantitative estimate of drug-likeness (QED) is 0.364. The van der Waals surface area contributed by atoms with Gasteiger partial charge in [0.15, 0.2) is 0 Å². The van der Waals surface area contributed by atoms with E-state index in [4.69, 9.17) is 9.47 Å². The number of benzene rings is 1. The lowest BCUT2D eigenvalue weighted by Crippen LogP contribution is -2.43. The molecule has 3 N–H and O–H groups in total. The fourth-order valence-corrected chi connectivity index (χ4v) is 2.68. The molecule has 32 heavy (non-hydrogen) atoms. The average Bonchev–Trinajstić information content (AvgIpc) is 2.76. The van der Waals surface area contributed by atoms with E-state index in [9.17, 15) is 19.2 Å². The molecule has 0 aliphatic rings. The molecule has 4 amide bonds. The fourth-order valence-electron chi connectivity index (χ4n) is 2.68. The number of nitrogens with zero attached hydrogens (tertiary/aromatic N) is 1. The zero-order chi connectivity index (χ0) is 23.9. The minimum atomic E-state index is -0.277. The van der Waals surface area contributed by atoms with Gasteiger partial charge in [0.1, 0.15) is 13.2 Å². The largest absolute Gasteiger partial charge is 0.375 e. The summed E-state index contributed by atoms with van der Waals surface area (Å²) in [6.07, 6.45) is 0. The number of carbonyl (C=O) groups is 4. The molecule has 0 heterocycles. The van der Waals surface area contributed by atoms with Crippen molar-refractivity contribution in [3.8, 4) is 0 Å². The monoisotopic (exact) mass is 450 g/mol. The maximum atomic E-state index is 13.0. The van der Waals surface area contributed by atoms with E-state index in [1.54, 1.807) is 29.2 Å². The maximum absolute atomic E-state index is 13.0. The molecule has 0 spiro atoms. The van der Waals surface area contributed by atoms with E-state index in [1.165, 1.54) is 14.2 Å². The van der Waals surface area contributed by atoms with Crippen LogP contribution in [0.15, 0.2) is 24.3 Å². The van der Waals surface area contributed by atoms with Gasteiger partial charge in [0, 0.05) is 58.4 Å². The lowest BCUT2D eigenvalue weighted by molar-refractivity contribution is -0.125. The predicted molar refractivity (Wildman–Crippen MR) is 119 cm³/mol. The number of nitrogens with one attached hydrogen (secondary N) is 3. The minimum absolute atomic E-state index is 0.0395. The number of methoxy groups -OCH3 is 2. The van der Waals surface area contributed by atoms with Crippen LogP contribution in [0.3, 0.4) is 0 Å². The van der Waals surface area contributed by atoms with Crippen molar-refractivity contribution in [2.24, 2.45) is 5.92 Å². The molecule has 0 aromatic heterocycles. The highest BCUT2D eigenvalue weighted by molar-refractivity contribution is 5.94. The minimum Gasteiger partial charge on any atom is -0.375 e. The van der Waals surface area contributed by atoms with Gasteiger partial charge in [0.2, 0.25) is 17.7 Å². The van der Waals surface area contributed by atoms with Crippen LogP contribution in [0.4, 0.5) is 0 Å². The number of amides is 4. The van der Waals surface area contributed by atoms with Crippen LogP contribution < -0.4 is 16.0 Å². The second kappa shape index (κ2) is 14.9. The number of rotatable bonds is 14. The van der Waals surface area contributed by atoms with E-state index >= 15 is 0 Å². The highest BCUT2D eigenvalue weighted by Crippen LogP contribution is 2.08. The summed E-state index contributed by atoms with van der Waals surface area (Å²) in [5, 5.41) is 8.19. The molecule has 178 valence electrons. The maximum Gasteiger partial charge on any atom is 0.253 e. The second-order valence-electron chi connectivity index (χ2n) is 7.43. The van der Waals surface area contributed by atoms with Crippen molar-refractivity contribution in [3.63, 3.8) is 0 Å². The third kappa shape index (κ3) is 10.4. The normalized spacial score (nSPS) is 10.5. The van der Waals surface area contributed by atoms with Crippen LogP contribution in [0.2, 0.25) is 0 Å². The topological polar surface area (TPSA) is 126 Å². The predicted octanol–water partition coefficient (Wildman–Crippen LogP) is -0.0738. The molecule has 0 saturated heterocycles. The summed E-state index contributed by atoms with van der Waals surface area (Å²) in [6, 6.07) is 6.96. The van der Waals surface area contributed by atoms with E-state index in [0.29, 0.717) is 12.1 Å². The van der Waals surface area contributed by atoms with Crippen molar-refractivity contribution in [3.05, 3.63) is 35.4 Å². The first-order chi connectivity index (χ1) is 15.3. The van der Waals surface area contributed by atoms with Crippen molar-refractivity contribution >= 4 is 23.6 Å². The number of hydrogen-bond acceptors (Lipinski definition) is 6. The van der Waals surface area contributed by atoms with Gasteiger partial charge in [-0.05, 0) is 17.7 Å². The van der Waals surface area contributed by atoms with E-state index in [-0.39, 0.29) is 68.9 Å². The summed E-state index contributed by atoms with van der Waals surface area (Å²) in [6.45, 7) is 4.93. The van der Waals surface area contributed by atoms with Gasteiger partial charge in [-0.2, -0.15) is 0 Å². The molecule has 0 atom stereocenters. The number of ether oxygens (including phenoxy) is 2. The molecule has 1 aromatic rings. The van der Waals surface area contributed by atoms with Crippen molar-refractivity contribution in [2.45, 2.75) is 20.4 Å². The third-order valence-corrected chi connectivity index (χ3v) is 4.44.